The summed E-state index contributed by atoms with van der Waals surface area (Å²) in [6, 6.07) is -0.384. The van der Waals surface area contributed by atoms with Gasteiger partial charge in [0, 0.05) is 6.54 Å². The number of rotatable bonds is 4. The minimum absolute atomic E-state index is 0.0615. The van der Waals surface area contributed by atoms with Gasteiger partial charge in [0.25, 0.3) is 0 Å². The normalized spacial score (nSPS) is 24.8. The number of aliphatic carboxylic acids is 1. The Hall–Kier alpha value is -1.43. The Morgan fingerprint density at radius 2 is 2.47 bits per heavy atom. The maximum absolute atomic E-state index is 11.0. The molecule has 1 aromatic rings. The van der Waals surface area contributed by atoms with Crippen LogP contribution in [0.5, 0.6) is 0 Å². The highest BCUT2D eigenvalue weighted by molar-refractivity contribution is 5.73. The molecule has 1 aromatic heterocycles. The van der Waals surface area contributed by atoms with Crippen molar-refractivity contribution in [2.24, 2.45) is 0 Å². The molecule has 0 aliphatic carbocycles. The van der Waals surface area contributed by atoms with Crippen LogP contribution in [0.1, 0.15) is 44.3 Å². The van der Waals surface area contributed by atoms with Crippen molar-refractivity contribution in [2.45, 2.75) is 51.2 Å². The second-order valence-electron chi connectivity index (χ2n) is 4.42. The van der Waals surface area contributed by atoms with Crippen LogP contribution in [-0.4, -0.2) is 32.1 Å². The Bertz CT molecular complexity index is 391. The second-order valence-corrected chi connectivity index (χ2v) is 4.42. The predicted octanol–water partition coefficient (Wildman–Crippen LogP) is 0.956. The molecule has 17 heavy (non-hydrogen) atoms. The van der Waals surface area contributed by atoms with E-state index in [1.807, 2.05) is 4.68 Å². The molecular weight excluding hydrogens is 220 g/mol. The molecule has 0 spiro atoms. The average molecular weight is 238 g/mol. The topological polar surface area (TPSA) is 80.0 Å². The van der Waals surface area contributed by atoms with E-state index in [-0.39, 0.29) is 6.04 Å². The summed E-state index contributed by atoms with van der Waals surface area (Å²) in [5.74, 6) is -0.774. The summed E-state index contributed by atoms with van der Waals surface area (Å²) in [5.41, 5.74) is 0.998. The highest BCUT2D eigenvalue weighted by Crippen LogP contribution is 2.25. The number of aryl methyl sites for hydroxylation is 1. The Labute approximate surface area is 100 Å². The molecule has 6 nitrogen and oxygen atoms in total. The lowest BCUT2D eigenvalue weighted by Crippen LogP contribution is -2.43. The summed E-state index contributed by atoms with van der Waals surface area (Å²) in [6.07, 6.45) is 5.29. The minimum atomic E-state index is -0.774. The molecule has 6 heteroatoms. The van der Waals surface area contributed by atoms with Gasteiger partial charge in [0.1, 0.15) is 6.04 Å². The van der Waals surface area contributed by atoms with Crippen molar-refractivity contribution in [3.8, 4) is 0 Å². The number of carboxylic acids is 1. The molecule has 2 unspecified atom stereocenters. The first kappa shape index (κ1) is 12.0. The van der Waals surface area contributed by atoms with Crippen LogP contribution in [-0.2, 0) is 11.3 Å². The van der Waals surface area contributed by atoms with E-state index in [0.717, 1.165) is 31.5 Å². The zero-order chi connectivity index (χ0) is 12.3. The molecule has 0 bridgehead atoms. The number of carboxylic acid groups (broad SMARTS) is 1. The van der Waals surface area contributed by atoms with Gasteiger partial charge in [-0.3, -0.25) is 10.1 Å². The largest absolute Gasteiger partial charge is 0.480 e. The van der Waals surface area contributed by atoms with Crippen molar-refractivity contribution in [1.29, 1.82) is 0 Å². The van der Waals surface area contributed by atoms with Crippen LogP contribution >= 0.6 is 0 Å². The fourth-order valence-corrected chi connectivity index (χ4v) is 2.28. The van der Waals surface area contributed by atoms with E-state index >= 15 is 0 Å². The Morgan fingerprint density at radius 3 is 3.18 bits per heavy atom. The molecule has 1 saturated heterocycles. The van der Waals surface area contributed by atoms with E-state index in [0.29, 0.717) is 6.42 Å². The molecule has 1 fully saturated rings. The van der Waals surface area contributed by atoms with E-state index < -0.39 is 12.0 Å². The second kappa shape index (κ2) is 5.27. The maximum atomic E-state index is 11.0. The molecule has 2 atom stereocenters. The van der Waals surface area contributed by atoms with Crippen molar-refractivity contribution >= 4 is 5.97 Å². The molecule has 2 rings (SSSR count). The van der Waals surface area contributed by atoms with Crippen LogP contribution in [0.3, 0.4) is 0 Å². The van der Waals surface area contributed by atoms with E-state index in [2.05, 4.69) is 22.6 Å². The molecule has 0 saturated carbocycles. The lowest BCUT2D eigenvalue weighted by molar-refractivity contribution is -0.140. The van der Waals surface area contributed by atoms with Crippen molar-refractivity contribution < 1.29 is 9.90 Å². The first-order valence-electron chi connectivity index (χ1n) is 6.09. The number of piperidine rings is 1. The van der Waals surface area contributed by atoms with Gasteiger partial charge in [0.2, 0.25) is 0 Å². The minimum Gasteiger partial charge on any atom is -0.480 e. The highest BCUT2D eigenvalue weighted by Gasteiger charge is 2.28. The van der Waals surface area contributed by atoms with Gasteiger partial charge in [-0.1, -0.05) is 12.1 Å². The zero-order valence-corrected chi connectivity index (χ0v) is 9.96. The van der Waals surface area contributed by atoms with Gasteiger partial charge in [0.05, 0.1) is 17.9 Å². The van der Waals surface area contributed by atoms with Crippen LogP contribution < -0.4 is 5.32 Å². The first-order valence-corrected chi connectivity index (χ1v) is 6.09. The monoisotopic (exact) mass is 238 g/mol. The third-order valence-corrected chi connectivity index (χ3v) is 3.13. The van der Waals surface area contributed by atoms with Gasteiger partial charge in [-0.2, -0.15) is 0 Å². The average Bonchev–Trinajstić information content (AvgIpc) is 2.78. The van der Waals surface area contributed by atoms with Crippen molar-refractivity contribution in [3.05, 3.63) is 11.9 Å². The number of carbonyl (C=O) groups is 1. The molecular formula is C11H18N4O2. The Kier molecular flexibility index (Phi) is 3.73. The van der Waals surface area contributed by atoms with E-state index in [9.17, 15) is 4.79 Å². The summed E-state index contributed by atoms with van der Waals surface area (Å²) < 4.78 is 1.86. The molecule has 0 radical (unpaired) electrons. The van der Waals surface area contributed by atoms with Crippen LogP contribution in [0.4, 0.5) is 0 Å². The predicted molar refractivity (Wildman–Crippen MR) is 61.5 cm³/mol. The van der Waals surface area contributed by atoms with Gasteiger partial charge in [0.15, 0.2) is 0 Å². The number of hydrogen-bond donors (Lipinski definition) is 2. The molecule has 2 heterocycles. The summed E-state index contributed by atoms with van der Waals surface area (Å²) in [5, 5.41) is 20.1. The number of nitrogens with zero attached hydrogens (tertiary/aromatic N) is 3. The smallest absolute Gasteiger partial charge is 0.320 e. The molecule has 0 amide bonds. The standard InChI is InChI=1S/C11H18N4O2/c1-2-6-15-10(7-12-14-15)8-4-3-5-9(13-8)11(16)17/h7-9,13H,2-6H2,1H3,(H,16,17). The van der Waals surface area contributed by atoms with E-state index in [1.165, 1.54) is 0 Å². The van der Waals surface area contributed by atoms with Gasteiger partial charge in [-0.15, -0.1) is 5.10 Å². The van der Waals surface area contributed by atoms with Gasteiger partial charge < -0.3 is 5.11 Å². The fraction of sp³-hybridized carbons (Fsp3) is 0.727. The van der Waals surface area contributed by atoms with E-state index in [4.69, 9.17) is 5.11 Å². The zero-order valence-electron chi connectivity index (χ0n) is 9.96. The maximum Gasteiger partial charge on any atom is 0.320 e. The Balaban J connectivity index is 2.10. The Morgan fingerprint density at radius 1 is 1.65 bits per heavy atom. The number of aromatic nitrogens is 3. The third kappa shape index (κ3) is 2.63. The quantitative estimate of drug-likeness (QED) is 0.816. The van der Waals surface area contributed by atoms with Crippen LogP contribution in [0, 0.1) is 0 Å². The lowest BCUT2D eigenvalue weighted by Gasteiger charge is -2.28. The molecule has 0 aromatic carbocycles. The van der Waals surface area contributed by atoms with Gasteiger partial charge in [-0.05, 0) is 25.7 Å². The number of hydrogen-bond acceptors (Lipinski definition) is 4. The third-order valence-electron chi connectivity index (χ3n) is 3.13. The highest BCUT2D eigenvalue weighted by atomic mass is 16.4. The molecule has 2 N–H and O–H groups in total. The first-order chi connectivity index (χ1) is 8.22. The molecule has 1 aliphatic heterocycles. The lowest BCUT2D eigenvalue weighted by atomic mass is 9.97. The van der Waals surface area contributed by atoms with Gasteiger partial charge >= 0.3 is 5.97 Å². The van der Waals surface area contributed by atoms with Crippen LogP contribution in [0.2, 0.25) is 0 Å². The van der Waals surface area contributed by atoms with Crippen molar-refractivity contribution in [3.63, 3.8) is 0 Å². The van der Waals surface area contributed by atoms with Gasteiger partial charge in [-0.25, -0.2) is 4.68 Å². The summed E-state index contributed by atoms with van der Waals surface area (Å²) in [6.45, 7) is 2.91. The molecule has 94 valence electrons. The van der Waals surface area contributed by atoms with Crippen molar-refractivity contribution in [1.82, 2.24) is 20.3 Å². The fourth-order valence-electron chi connectivity index (χ4n) is 2.28. The summed E-state index contributed by atoms with van der Waals surface area (Å²) in [7, 11) is 0. The van der Waals surface area contributed by atoms with Crippen molar-refractivity contribution in [2.75, 3.05) is 0 Å². The summed E-state index contributed by atoms with van der Waals surface area (Å²) >= 11 is 0. The van der Waals surface area contributed by atoms with Crippen LogP contribution in [0.25, 0.3) is 0 Å². The summed E-state index contributed by atoms with van der Waals surface area (Å²) in [4.78, 5) is 11.0. The molecule has 1 aliphatic rings. The number of nitrogens with one attached hydrogen (secondary N) is 1. The van der Waals surface area contributed by atoms with Crippen LogP contribution in [0.15, 0.2) is 6.20 Å². The van der Waals surface area contributed by atoms with E-state index in [1.54, 1.807) is 6.20 Å². The SMILES string of the molecule is CCCn1nncc1C1CCCC(C(=O)O)N1.